The van der Waals surface area contributed by atoms with Crippen LogP contribution in [0.15, 0.2) is 47.1 Å². The molecule has 2 atom stereocenters. The Bertz CT molecular complexity index is 996. The van der Waals surface area contributed by atoms with Crippen molar-refractivity contribution in [2.45, 2.75) is 31.7 Å². The van der Waals surface area contributed by atoms with E-state index in [-0.39, 0.29) is 23.7 Å². The maximum absolute atomic E-state index is 13.1. The number of piperidine rings is 1. The zero-order valence-electron chi connectivity index (χ0n) is 16.1. The summed E-state index contributed by atoms with van der Waals surface area (Å²) in [4.78, 5) is 34.0. The quantitative estimate of drug-likeness (QED) is 0.660. The van der Waals surface area contributed by atoms with Gasteiger partial charge in [-0.05, 0) is 37.1 Å². The standard InChI is InChI=1S/C22H23N3O3S/c26-20-11-16(13-25(20)14-17-6-4-10-28-17)22(27)24-9-3-5-15(12-24)21-23-18-7-1-2-8-19(18)29-21/h1-2,4,6-8,10,15-16H,3,5,9,11-14H2/t15-,16-/m1/s1. The van der Waals surface area contributed by atoms with Crippen molar-refractivity contribution >= 4 is 33.4 Å². The fourth-order valence-electron chi connectivity index (χ4n) is 4.38. The molecule has 150 valence electrons. The number of likely N-dealkylation sites (tertiary alicyclic amines) is 2. The fourth-order valence-corrected chi connectivity index (χ4v) is 5.48. The van der Waals surface area contributed by atoms with Crippen molar-refractivity contribution in [1.82, 2.24) is 14.8 Å². The lowest BCUT2D eigenvalue weighted by molar-refractivity contribution is -0.137. The van der Waals surface area contributed by atoms with Crippen molar-refractivity contribution in [1.29, 1.82) is 0 Å². The first-order valence-electron chi connectivity index (χ1n) is 10.1. The molecule has 0 aliphatic carbocycles. The zero-order valence-corrected chi connectivity index (χ0v) is 16.9. The summed E-state index contributed by atoms with van der Waals surface area (Å²) in [6.45, 7) is 2.37. The van der Waals surface area contributed by atoms with Crippen LogP contribution < -0.4 is 0 Å². The van der Waals surface area contributed by atoms with E-state index in [1.807, 2.05) is 35.2 Å². The van der Waals surface area contributed by atoms with Gasteiger partial charge in [-0.15, -0.1) is 11.3 Å². The Kier molecular flexibility index (Phi) is 4.83. The summed E-state index contributed by atoms with van der Waals surface area (Å²) in [5.41, 5.74) is 1.03. The van der Waals surface area contributed by atoms with E-state index < -0.39 is 0 Å². The van der Waals surface area contributed by atoms with Crippen LogP contribution in [0.2, 0.25) is 0 Å². The molecule has 2 amide bonds. The summed E-state index contributed by atoms with van der Waals surface area (Å²) in [5, 5.41) is 1.12. The number of hydrogen-bond acceptors (Lipinski definition) is 5. The maximum Gasteiger partial charge on any atom is 0.228 e. The van der Waals surface area contributed by atoms with Gasteiger partial charge in [-0.1, -0.05) is 12.1 Å². The molecule has 0 unspecified atom stereocenters. The molecule has 2 aliphatic heterocycles. The number of nitrogens with zero attached hydrogens (tertiary/aromatic N) is 3. The van der Waals surface area contributed by atoms with E-state index in [4.69, 9.17) is 9.40 Å². The molecule has 2 aromatic heterocycles. The third-order valence-electron chi connectivity index (χ3n) is 5.88. The van der Waals surface area contributed by atoms with Gasteiger partial charge >= 0.3 is 0 Å². The third kappa shape index (κ3) is 3.67. The molecule has 2 fully saturated rings. The molecule has 3 aromatic rings. The van der Waals surface area contributed by atoms with Crippen molar-refractivity contribution in [2.24, 2.45) is 5.92 Å². The second-order valence-electron chi connectivity index (χ2n) is 7.90. The van der Waals surface area contributed by atoms with Gasteiger partial charge in [0.25, 0.3) is 0 Å². The van der Waals surface area contributed by atoms with E-state index in [1.54, 1.807) is 22.5 Å². The number of aromatic nitrogens is 1. The van der Waals surface area contributed by atoms with Crippen LogP contribution in [-0.2, 0) is 16.1 Å². The minimum atomic E-state index is -0.258. The normalized spacial score (nSPS) is 22.6. The molecule has 2 saturated heterocycles. The molecule has 0 saturated carbocycles. The van der Waals surface area contributed by atoms with E-state index in [2.05, 4.69) is 6.07 Å². The smallest absolute Gasteiger partial charge is 0.228 e. The number of rotatable bonds is 4. The highest BCUT2D eigenvalue weighted by molar-refractivity contribution is 7.18. The van der Waals surface area contributed by atoms with E-state index in [0.29, 0.717) is 26.1 Å². The summed E-state index contributed by atoms with van der Waals surface area (Å²) in [6.07, 6.45) is 3.93. The molecular formula is C22H23N3O3S. The number of hydrogen-bond donors (Lipinski definition) is 0. The molecular weight excluding hydrogens is 386 g/mol. The Morgan fingerprint density at radius 3 is 2.93 bits per heavy atom. The maximum atomic E-state index is 13.1. The molecule has 2 aliphatic rings. The van der Waals surface area contributed by atoms with E-state index in [9.17, 15) is 9.59 Å². The number of benzene rings is 1. The Morgan fingerprint density at radius 1 is 1.21 bits per heavy atom. The number of carbonyl (C=O) groups excluding carboxylic acids is 2. The molecule has 0 radical (unpaired) electrons. The molecule has 1 aromatic carbocycles. The van der Waals surface area contributed by atoms with Crippen LogP contribution in [-0.4, -0.2) is 46.2 Å². The lowest BCUT2D eigenvalue weighted by Crippen LogP contribution is -2.43. The number of furan rings is 1. The summed E-state index contributed by atoms with van der Waals surface area (Å²) < 4.78 is 6.54. The van der Waals surface area contributed by atoms with Crippen LogP contribution in [0.25, 0.3) is 10.2 Å². The molecule has 5 rings (SSSR count). The third-order valence-corrected chi connectivity index (χ3v) is 7.08. The second kappa shape index (κ2) is 7.63. The highest BCUT2D eigenvalue weighted by atomic mass is 32.1. The van der Waals surface area contributed by atoms with Crippen molar-refractivity contribution in [3.05, 3.63) is 53.4 Å². The Hall–Kier alpha value is -2.67. The van der Waals surface area contributed by atoms with Crippen LogP contribution in [0.3, 0.4) is 0 Å². The van der Waals surface area contributed by atoms with Gasteiger partial charge in [0.2, 0.25) is 11.8 Å². The van der Waals surface area contributed by atoms with Crippen molar-refractivity contribution < 1.29 is 14.0 Å². The highest BCUT2D eigenvalue weighted by Crippen LogP contribution is 2.34. The van der Waals surface area contributed by atoms with Gasteiger partial charge in [0.15, 0.2) is 0 Å². The van der Waals surface area contributed by atoms with Crippen LogP contribution >= 0.6 is 11.3 Å². The monoisotopic (exact) mass is 409 g/mol. The highest BCUT2D eigenvalue weighted by Gasteiger charge is 2.38. The van der Waals surface area contributed by atoms with Crippen LogP contribution in [0.4, 0.5) is 0 Å². The summed E-state index contributed by atoms with van der Waals surface area (Å²) in [7, 11) is 0. The van der Waals surface area contributed by atoms with Gasteiger partial charge in [-0.25, -0.2) is 4.98 Å². The lowest BCUT2D eigenvalue weighted by Gasteiger charge is -2.33. The molecule has 29 heavy (non-hydrogen) atoms. The molecule has 0 bridgehead atoms. The van der Waals surface area contributed by atoms with E-state index in [1.165, 1.54) is 4.70 Å². The average Bonchev–Trinajstić information content (AvgIpc) is 3.48. The van der Waals surface area contributed by atoms with Gasteiger partial charge in [0.05, 0.1) is 34.0 Å². The predicted octanol–water partition coefficient (Wildman–Crippen LogP) is 3.64. The van der Waals surface area contributed by atoms with Crippen molar-refractivity contribution in [3.8, 4) is 0 Å². The van der Waals surface area contributed by atoms with E-state index >= 15 is 0 Å². The van der Waals surface area contributed by atoms with Gasteiger partial charge < -0.3 is 14.2 Å². The minimum absolute atomic E-state index is 0.0273. The summed E-state index contributed by atoms with van der Waals surface area (Å²) in [5.74, 6) is 0.902. The van der Waals surface area contributed by atoms with E-state index in [0.717, 1.165) is 35.7 Å². The van der Waals surface area contributed by atoms with Gasteiger partial charge in [0.1, 0.15) is 5.76 Å². The Morgan fingerprint density at radius 2 is 2.10 bits per heavy atom. The van der Waals surface area contributed by atoms with Crippen LogP contribution in [0.5, 0.6) is 0 Å². The Balaban J connectivity index is 1.25. The average molecular weight is 410 g/mol. The topological polar surface area (TPSA) is 66.7 Å². The van der Waals surface area contributed by atoms with Crippen molar-refractivity contribution in [2.75, 3.05) is 19.6 Å². The SMILES string of the molecule is O=C1C[C@@H](C(=O)N2CCC[C@@H](c3nc4ccccc4s3)C2)CN1Cc1ccco1. The largest absolute Gasteiger partial charge is 0.467 e. The van der Waals surface area contributed by atoms with Gasteiger partial charge in [-0.3, -0.25) is 9.59 Å². The van der Waals surface area contributed by atoms with Crippen LogP contribution in [0, 0.1) is 5.92 Å². The lowest BCUT2D eigenvalue weighted by atomic mass is 9.96. The molecule has 0 spiro atoms. The molecule has 7 heteroatoms. The summed E-state index contributed by atoms with van der Waals surface area (Å²) >= 11 is 1.73. The van der Waals surface area contributed by atoms with Crippen LogP contribution in [0.1, 0.15) is 35.9 Å². The fraction of sp³-hybridized carbons (Fsp3) is 0.409. The number of thiazole rings is 1. The first-order valence-corrected chi connectivity index (χ1v) is 10.9. The van der Waals surface area contributed by atoms with Gasteiger partial charge in [-0.2, -0.15) is 0 Å². The Labute approximate surface area is 173 Å². The summed E-state index contributed by atoms with van der Waals surface area (Å²) in [6, 6.07) is 11.9. The second-order valence-corrected chi connectivity index (χ2v) is 8.96. The van der Waals surface area contributed by atoms with Crippen molar-refractivity contribution in [3.63, 3.8) is 0 Å². The molecule has 0 N–H and O–H groups in total. The minimum Gasteiger partial charge on any atom is -0.467 e. The zero-order chi connectivity index (χ0) is 19.8. The van der Waals surface area contributed by atoms with Gasteiger partial charge in [0, 0.05) is 32.0 Å². The molecule has 4 heterocycles. The number of amides is 2. The first kappa shape index (κ1) is 18.4. The first-order chi connectivity index (χ1) is 14.2. The number of para-hydroxylation sites is 1. The number of fused-ring (bicyclic) bond motifs is 1. The predicted molar refractivity (Wildman–Crippen MR) is 110 cm³/mol. The molecule has 6 nitrogen and oxygen atoms in total. The number of carbonyl (C=O) groups is 2.